The van der Waals surface area contributed by atoms with Gasteiger partial charge in [-0.3, -0.25) is 5.43 Å². The van der Waals surface area contributed by atoms with Crippen LogP contribution in [0.25, 0.3) is 0 Å². The van der Waals surface area contributed by atoms with Crippen LogP contribution < -0.4 is 25.0 Å². The van der Waals surface area contributed by atoms with E-state index in [1.807, 2.05) is 0 Å². The molecule has 28 heavy (non-hydrogen) atoms. The van der Waals surface area contributed by atoms with Crippen LogP contribution in [-0.4, -0.2) is 25.2 Å². The number of sulfonamides is 1. The number of anilines is 3. The summed E-state index contributed by atoms with van der Waals surface area (Å²) in [5.41, 5.74) is 2.98. The maximum absolute atomic E-state index is 12.3. The van der Waals surface area contributed by atoms with E-state index in [1.165, 1.54) is 18.3 Å². The average molecular weight is 420 g/mol. The molecule has 144 valence electrons. The van der Waals surface area contributed by atoms with Crippen LogP contribution in [0.1, 0.15) is 0 Å². The summed E-state index contributed by atoms with van der Waals surface area (Å²) in [6, 6.07) is 12.9. The van der Waals surface area contributed by atoms with Crippen molar-refractivity contribution in [2.45, 2.75) is 4.90 Å². The molecule has 2 aromatic carbocycles. The second-order valence-corrected chi connectivity index (χ2v) is 7.68. The minimum Gasteiger partial charge on any atom is -0.454 e. The van der Waals surface area contributed by atoms with E-state index in [-0.39, 0.29) is 17.6 Å². The molecule has 0 radical (unpaired) electrons. The second-order valence-electron chi connectivity index (χ2n) is 5.59. The number of hydrazine groups is 1. The van der Waals surface area contributed by atoms with Crippen molar-refractivity contribution in [1.29, 1.82) is 0 Å². The van der Waals surface area contributed by atoms with Gasteiger partial charge in [-0.1, -0.05) is 29.8 Å². The third kappa shape index (κ3) is 3.79. The van der Waals surface area contributed by atoms with Crippen LogP contribution in [0, 0.1) is 0 Å². The molecule has 0 aliphatic carbocycles. The molecular formula is C17H14ClN5O4S. The lowest BCUT2D eigenvalue weighted by molar-refractivity contribution is 0.174. The number of fused-ring (bicyclic) bond motifs is 1. The van der Waals surface area contributed by atoms with E-state index in [9.17, 15) is 8.42 Å². The van der Waals surface area contributed by atoms with E-state index in [4.69, 9.17) is 21.1 Å². The Hall–Kier alpha value is -3.08. The molecule has 4 rings (SSSR count). The lowest BCUT2D eigenvalue weighted by Gasteiger charge is -2.12. The van der Waals surface area contributed by atoms with Crippen LogP contribution in [-0.2, 0) is 10.0 Å². The zero-order valence-electron chi connectivity index (χ0n) is 14.2. The minimum atomic E-state index is -3.76. The molecule has 0 amide bonds. The largest absolute Gasteiger partial charge is 0.454 e. The number of nitrogens with one attached hydrogen (secondary N) is 3. The number of hydrogen-bond acceptors (Lipinski definition) is 8. The van der Waals surface area contributed by atoms with Gasteiger partial charge in [0.05, 0.1) is 9.92 Å². The molecule has 0 fully saturated rings. The Morgan fingerprint density at radius 3 is 2.68 bits per heavy atom. The lowest BCUT2D eigenvalue weighted by atomic mass is 10.2. The van der Waals surface area contributed by atoms with Crippen LogP contribution in [0.15, 0.2) is 59.6 Å². The van der Waals surface area contributed by atoms with Crippen LogP contribution in [0.4, 0.5) is 17.5 Å². The van der Waals surface area contributed by atoms with E-state index >= 15 is 0 Å². The molecule has 0 unspecified atom stereocenters. The highest BCUT2D eigenvalue weighted by molar-refractivity contribution is 7.89. The standard InChI is InChI=1S/C17H14ClN5O4S/c18-12-6-7-13-16(27-10-26-13)15(12)20-14-8-9-19-17(21-14)22-23-28(24,25)11-4-2-1-3-5-11/h1-9,23H,10H2,(H2,19,20,21,22). The van der Waals surface area contributed by atoms with Crippen LogP contribution in [0.2, 0.25) is 5.02 Å². The van der Waals surface area contributed by atoms with Gasteiger partial charge in [0.1, 0.15) is 11.5 Å². The number of rotatable bonds is 6. The van der Waals surface area contributed by atoms with Crippen molar-refractivity contribution in [2.24, 2.45) is 0 Å². The summed E-state index contributed by atoms with van der Waals surface area (Å²) in [4.78, 5) is 10.6. The van der Waals surface area contributed by atoms with Crippen molar-refractivity contribution in [1.82, 2.24) is 14.8 Å². The molecule has 1 aliphatic heterocycles. The number of benzene rings is 2. The van der Waals surface area contributed by atoms with E-state index < -0.39 is 10.0 Å². The average Bonchev–Trinajstić information content (AvgIpc) is 3.19. The number of hydrogen-bond donors (Lipinski definition) is 3. The molecule has 9 nitrogen and oxygen atoms in total. The van der Waals surface area contributed by atoms with Crippen molar-refractivity contribution >= 4 is 39.1 Å². The summed E-state index contributed by atoms with van der Waals surface area (Å²) in [6.45, 7) is 0.0994. The Balaban J connectivity index is 1.51. The van der Waals surface area contributed by atoms with Gasteiger partial charge >= 0.3 is 0 Å². The lowest BCUT2D eigenvalue weighted by Crippen LogP contribution is -2.30. The molecule has 0 atom stereocenters. The summed E-state index contributed by atoms with van der Waals surface area (Å²) in [5.74, 6) is 1.47. The predicted molar refractivity (Wildman–Crippen MR) is 103 cm³/mol. The van der Waals surface area contributed by atoms with Crippen molar-refractivity contribution in [3.63, 3.8) is 0 Å². The van der Waals surface area contributed by atoms with Crippen molar-refractivity contribution in [2.75, 3.05) is 17.5 Å². The van der Waals surface area contributed by atoms with Gasteiger partial charge in [-0.05, 0) is 30.3 Å². The zero-order chi connectivity index (χ0) is 19.6. The molecule has 11 heteroatoms. The molecule has 1 aromatic heterocycles. The monoisotopic (exact) mass is 419 g/mol. The zero-order valence-corrected chi connectivity index (χ0v) is 15.8. The topological polar surface area (TPSA) is 114 Å². The van der Waals surface area contributed by atoms with Gasteiger partial charge in [-0.25, -0.2) is 13.4 Å². The predicted octanol–water partition coefficient (Wildman–Crippen LogP) is 2.91. The highest BCUT2D eigenvalue weighted by Gasteiger charge is 2.21. The Morgan fingerprint density at radius 2 is 1.86 bits per heavy atom. The maximum atomic E-state index is 12.3. The number of halogens is 1. The van der Waals surface area contributed by atoms with E-state index in [2.05, 4.69) is 25.5 Å². The number of ether oxygens (including phenoxy) is 2. The van der Waals surface area contributed by atoms with Crippen LogP contribution >= 0.6 is 11.6 Å². The quantitative estimate of drug-likeness (QED) is 0.522. The highest BCUT2D eigenvalue weighted by atomic mass is 35.5. The summed E-state index contributed by atoms with van der Waals surface area (Å²) < 4.78 is 35.3. The van der Waals surface area contributed by atoms with E-state index in [0.29, 0.717) is 28.0 Å². The molecule has 2 heterocycles. The number of nitrogens with zero attached hydrogens (tertiary/aromatic N) is 2. The fourth-order valence-electron chi connectivity index (χ4n) is 2.45. The number of aromatic nitrogens is 2. The van der Waals surface area contributed by atoms with Crippen molar-refractivity contribution < 1.29 is 17.9 Å². The Bertz CT molecular complexity index is 1110. The SMILES string of the molecule is O=S(=O)(NNc1nccc(Nc2c(Cl)ccc3c2OCO3)n1)c1ccccc1. The first-order chi connectivity index (χ1) is 13.5. The third-order valence-electron chi connectivity index (χ3n) is 3.75. The van der Waals surface area contributed by atoms with Gasteiger partial charge in [-0.15, -0.1) is 4.83 Å². The maximum Gasteiger partial charge on any atom is 0.257 e. The van der Waals surface area contributed by atoms with Crippen molar-refractivity contribution in [3.05, 3.63) is 59.8 Å². The summed E-state index contributed by atoms with van der Waals surface area (Å²) >= 11 is 6.24. The molecule has 0 saturated heterocycles. The van der Waals surface area contributed by atoms with Gasteiger partial charge in [0.2, 0.25) is 12.7 Å². The highest BCUT2D eigenvalue weighted by Crippen LogP contribution is 2.44. The fourth-order valence-corrected chi connectivity index (χ4v) is 3.51. The second kappa shape index (κ2) is 7.50. The van der Waals surface area contributed by atoms with E-state index in [1.54, 1.807) is 36.4 Å². The van der Waals surface area contributed by atoms with Gasteiger partial charge in [-0.2, -0.15) is 4.98 Å². The smallest absolute Gasteiger partial charge is 0.257 e. The van der Waals surface area contributed by atoms with Gasteiger partial charge in [0.25, 0.3) is 10.0 Å². The first kappa shape index (κ1) is 18.3. The molecule has 3 N–H and O–H groups in total. The minimum absolute atomic E-state index is 0.0466. The molecule has 0 bridgehead atoms. The third-order valence-corrected chi connectivity index (χ3v) is 5.33. The molecule has 3 aromatic rings. The first-order valence-corrected chi connectivity index (χ1v) is 9.90. The van der Waals surface area contributed by atoms with Crippen LogP contribution in [0.3, 0.4) is 0 Å². The van der Waals surface area contributed by atoms with Crippen LogP contribution in [0.5, 0.6) is 11.5 Å². The fraction of sp³-hybridized carbons (Fsp3) is 0.0588. The van der Waals surface area contributed by atoms with Gasteiger partial charge < -0.3 is 14.8 Å². The molecule has 0 saturated carbocycles. The summed E-state index contributed by atoms with van der Waals surface area (Å²) in [7, 11) is -3.76. The van der Waals surface area contributed by atoms with Crippen molar-refractivity contribution in [3.8, 4) is 11.5 Å². The normalized spacial score (nSPS) is 12.6. The summed E-state index contributed by atoms with van der Waals surface area (Å²) in [6.07, 6.45) is 1.46. The van der Waals surface area contributed by atoms with Gasteiger partial charge in [0.15, 0.2) is 11.5 Å². The first-order valence-electron chi connectivity index (χ1n) is 8.04. The van der Waals surface area contributed by atoms with Gasteiger partial charge in [0, 0.05) is 6.20 Å². The Morgan fingerprint density at radius 1 is 1.04 bits per heavy atom. The van der Waals surface area contributed by atoms with E-state index in [0.717, 1.165) is 0 Å². The Labute approximate surface area is 165 Å². The summed E-state index contributed by atoms with van der Waals surface area (Å²) in [5, 5.41) is 3.46. The Kier molecular flexibility index (Phi) is 4.90. The molecular weight excluding hydrogens is 406 g/mol. The molecule has 1 aliphatic rings. The molecule has 0 spiro atoms.